The molecule has 0 fully saturated rings. The molecule has 1 heterocycles. The van der Waals surface area contributed by atoms with Crippen molar-refractivity contribution in [3.8, 4) is 0 Å². The standard InChI is InChI=1S/C15H15BrOS/c16-13-9-15(18-11-13)10-14(17)8-4-7-12-5-2-1-3-6-12/h1-3,5-6,9,11H,4,7-8,10H2. The number of aryl methyl sites for hydroxylation is 1. The van der Waals surface area contributed by atoms with Gasteiger partial charge in [0.15, 0.2) is 0 Å². The minimum absolute atomic E-state index is 0.334. The Labute approximate surface area is 120 Å². The van der Waals surface area contributed by atoms with Gasteiger partial charge < -0.3 is 0 Å². The van der Waals surface area contributed by atoms with Gasteiger partial charge in [0.1, 0.15) is 5.78 Å². The molecule has 94 valence electrons. The van der Waals surface area contributed by atoms with Crippen LogP contribution in [0.3, 0.4) is 0 Å². The normalized spacial score (nSPS) is 10.5. The zero-order chi connectivity index (χ0) is 12.8. The van der Waals surface area contributed by atoms with E-state index in [1.54, 1.807) is 11.3 Å². The third kappa shape index (κ3) is 4.39. The summed E-state index contributed by atoms with van der Waals surface area (Å²) in [5.74, 6) is 0.334. The quantitative estimate of drug-likeness (QED) is 0.756. The molecule has 0 saturated carbocycles. The van der Waals surface area contributed by atoms with Gasteiger partial charge in [-0.1, -0.05) is 30.3 Å². The van der Waals surface area contributed by atoms with Gasteiger partial charge in [-0.15, -0.1) is 11.3 Å². The molecule has 0 aliphatic heterocycles. The summed E-state index contributed by atoms with van der Waals surface area (Å²) in [6, 6.07) is 12.4. The third-order valence-corrected chi connectivity index (χ3v) is 4.45. The van der Waals surface area contributed by atoms with Crippen molar-refractivity contribution in [2.24, 2.45) is 0 Å². The van der Waals surface area contributed by atoms with Gasteiger partial charge in [0, 0.05) is 27.6 Å². The maximum atomic E-state index is 11.8. The van der Waals surface area contributed by atoms with Crippen LogP contribution in [-0.2, 0) is 17.6 Å². The van der Waals surface area contributed by atoms with Gasteiger partial charge in [-0.05, 0) is 40.4 Å². The van der Waals surface area contributed by atoms with Crippen LogP contribution in [0.5, 0.6) is 0 Å². The molecule has 2 rings (SSSR count). The van der Waals surface area contributed by atoms with Gasteiger partial charge in [0.05, 0.1) is 0 Å². The largest absolute Gasteiger partial charge is 0.299 e. The van der Waals surface area contributed by atoms with Crippen LogP contribution in [-0.4, -0.2) is 5.78 Å². The average molecular weight is 323 g/mol. The lowest BCUT2D eigenvalue weighted by molar-refractivity contribution is -0.118. The Balaban J connectivity index is 1.72. The summed E-state index contributed by atoms with van der Waals surface area (Å²) in [6.07, 6.45) is 3.17. The Morgan fingerprint density at radius 3 is 2.67 bits per heavy atom. The average Bonchev–Trinajstić information content (AvgIpc) is 2.76. The second-order valence-corrected chi connectivity index (χ2v) is 6.20. The van der Waals surface area contributed by atoms with E-state index in [2.05, 4.69) is 28.1 Å². The van der Waals surface area contributed by atoms with Crippen molar-refractivity contribution < 1.29 is 4.79 Å². The first kappa shape index (κ1) is 13.5. The second-order valence-electron chi connectivity index (χ2n) is 4.29. The number of hydrogen-bond donors (Lipinski definition) is 0. The summed E-state index contributed by atoms with van der Waals surface area (Å²) in [4.78, 5) is 12.9. The van der Waals surface area contributed by atoms with Crippen molar-refractivity contribution in [1.29, 1.82) is 0 Å². The van der Waals surface area contributed by atoms with Gasteiger partial charge >= 0.3 is 0 Å². The molecule has 1 nitrogen and oxygen atoms in total. The SMILES string of the molecule is O=C(CCCc1ccccc1)Cc1cc(Br)cs1. The minimum Gasteiger partial charge on any atom is -0.299 e. The molecule has 0 atom stereocenters. The molecule has 0 aliphatic rings. The highest BCUT2D eigenvalue weighted by Crippen LogP contribution is 2.20. The molecule has 0 aliphatic carbocycles. The van der Waals surface area contributed by atoms with Crippen LogP contribution in [0.4, 0.5) is 0 Å². The highest BCUT2D eigenvalue weighted by atomic mass is 79.9. The van der Waals surface area contributed by atoms with E-state index in [4.69, 9.17) is 0 Å². The molecule has 0 spiro atoms. The van der Waals surface area contributed by atoms with Crippen molar-refractivity contribution in [2.45, 2.75) is 25.7 Å². The van der Waals surface area contributed by atoms with Crippen molar-refractivity contribution in [3.05, 3.63) is 56.7 Å². The fraction of sp³-hybridized carbons (Fsp3) is 0.267. The predicted octanol–water partition coefficient (Wildman–Crippen LogP) is 4.65. The number of rotatable bonds is 6. The number of halogens is 1. The maximum Gasteiger partial charge on any atom is 0.138 e. The van der Waals surface area contributed by atoms with Gasteiger partial charge in [-0.3, -0.25) is 4.79 Å². The van der Waals surface area contributed by atoms with Crippen LogP contribution in [0.1, 0.15) is 23.3 Å². The van der Waals surface area contributed by atoms with Crippen LogP contribution in [0.15, 0.2) is 46.3 Å². The van der Waals surface area contributed by atoms with E-state index in [0.717, 1.165) is 22.2 Å². The zero-order valence-corrected chi connectivity index (χ0v) is 12.5. The van der Waals surface area contributed by atoms with E-state index < -0.39 is 0 Å². The van der Waals surface area contributed by atoms with Gasteiger partial charge in [0.25, 0.3) is 0 Å². The number of carbonyl (C=O) groups excluding carboxylic acids is 1. The first-order valence-corrected chi connectivity index (χ1v) is 7.70. The number of carbonyl (C=O) groups is 1. The molecule has 0 bridgehead atoms. The van der Waals surface area contributed by atoms with Crippen LogP contribution >= 0.6 is 27.3 Å². The zero-order valence-electron chi connectivity index (χ0n) is 10.1. The Morgan fingerprint density at radius 1 is 1.22 bits per heavy atom. The number of benzene rings is 1. The first-order valence-electron chi connectivity index (χ1n) is 6.02. The van der Waals surface area contributed by atoms with E-state index in [1.165, 1.54) is 5.56 Å². The molecule has 0 amide bonds. The van der Waals surface area contributed by atoms with Crippen LogP contribution < -0.4 is 0 Å². The molecule has 0 unspecified atom stereocenters. The molecule has 18 heavy (non-hydrogen) atoms. The predicted molar refractivity (Wildman–Crippen MR) is 80.1 cm³/mol. The summed E-state index contributed by atoms with van der Waals surface area (Å²) in [5, 5.41) is 2.02. The van der Waals surface area contributed by atoms with Crippen molar-refractivity contribution >= 4 is 33.0 Å². The fourth-order valence-corrected chi connectivity index (χ4v) is 3.34. The number of thiophene rings is 1. The molecule has 3 heteroatoms. The van der Waals surface area contributed by atoms with Crippen LogP contribution in [0.25, 0.3) is 0 Å². The van der Waals surface area contributed by atoms with E-state index >= 15 is 0 Å². The Morgan fingerprint density at radius 2 is 2.00 bits per heavy atom. The summed E-state index contributed by atoms with van der Waals surface area (Å²) in [7, 11) is 0. The molecule has 1 aromatic carbocycles. The molecule has 0 N–H and O–H groups in total. The summed E-state index contributed by atoms with van der Waals surface area (Å²) >= 11 is 5.04. The Hall–Kier alpha value is -0.930. The lowest BCUT2D eigenvalue weighted by Crippen LogP contribution is -2.01. The van der Waals surface area contributed by atoms with Gasteiger partial charge in [-0.25, -0.2) is 0 Å². The van der Waals surface area contributed by atoms with Gasteiger partial charge in [0.2, 0.25) is 0 Å². The Bertz CT molecular complexity index is 504. The highest BCUT2D eigenvalue weighted by Gasteiger charge is 2.06. The van der Waals surface area contributed by atoms with E-state index in [0.29, 0.717) is 18.6 Å². The second kappa shape index (κ2) is 6.86. The van der Waals surface area contributed by atoms with Crippen LogP contribution in [0, 0.1) is 0 Å². The monoisotopic (exact) mass is 322 g/mol. The summed E-state index contributed by atoms with van der Waals surface area (Å²) in [5.41, 5.74) is 1.31. The van der Waals surface area contributed by atoms with E-state index in [-0.39, 0.29) is 0 Å². The minimum atomic E-state index is 0.334. The number of Topliss-reactive ketones (excluding diaryl/α,β-unsaturated/α-hetero) is 1. The third-order valence-electron chi connectivity index (χ3n) is 2.76. The van der Waals surface area contributed by atoms with Crippen molar-refractivity contribution in [1.82, 2.24) is 0 Å². The molecular weight excluding hydrogens is 308 g/mol. The summed E-state index contributed by atoms with van der Waals surface area (Å²) in [6.45, 7) is 0. The Kier molecular flexibility index (Phi) is 5.14. The number of hydrogen-bond acceptors (Lipinski definition) is 2. The molecule has 1 aromatic heterocycles. The molecular formula is C15H15BrOS. The fourth-order valence-electron chi connectivity index (χ4n) is 1.86. The summed E-state index contributed by atoms with van der Waals surface area (Å²) < 4.78 is 1.07. The van der Waals surface area contributed by atoms with Crippen molar-refractivity contribution in [3.63, 3.8) is 0 Å². The van der Waals surface area contributed by atoms with E-state index in [1.807, 2.05) is 29.6 Å². The molecule has 2 aromatic rings. The first-order chi connectivity index (χ1) is 8.74. The lowest BCUT2D eigenvalue weighted by atomic mass is 10.1. The topological polar surface area (TPSA) is 17.1 Å². The smallest absolute Gasteiger partial charge is 0.138 e. The molecule has 0 saturated heterocycles. The van der Waals surface area contributed by atoms with E-state index in [9.17, 15) is 4.79 Å². The molecule has 0 radical (unpaired) electrons. The van der Waals surface area contributed by atoms with Crippen LogP contribution in [0.2, 0.25) is 0 Å². The van der Waals surface area contributed by atoms with Crippen molar-refractivity contribution in [2.75, 3.05) is 0 Å². The highest BCUT2D eigenvalue weighted by molar-refractivity contribution is 9.10. The number of ketones is 1. The lowest BCUT2D eigenvalue weighted by Gasteiger charge is -2.00. The van der Waals surface area contributed by atoms with Gasteiger partial charge in [-0.2, -0.15) is 0 Å². The maximum absolute atomic E-state index is 11.8.